The molecule has 0 aliphatic carbocycles. The molecule has 2 fully saturated rings. The fraction of sp³-hybridized carbons (Fsp3) is 0.545. The summed E-state index contributed by atoms with van der Waals surface area (Å²) in [6.07, 6.45) is 6.14. The molecule has 11 nitrogen and oxygen atoms in total. The van der Waals surface area contributed by atoms with E-state index in [0.29, 0.717) is 50.4 Å². The number of nitrogens with zero attached hydrogens (tertiary/aromatic N) is 7. The third-order valence-electron chi connectivity index (χ3n) is 6.46. The molecule has 2 aromatic heterocycles. The van der Waals surface area contributed by atoms with Crippen molar-refractivity contribution in [2.75, 3.05) is 29.9 Å². The van der Waals surface area contributed by atoms with Gasteiger partial charge >= 0.3 is 0 Å². The zero-order valence-electron chi connectivity index (χ0n) is 18.8. The molecule has 33 heavy (non-hydrogen) atoms. The molecule has 0 radical (unpaired) electrons. The van der Waals surface area contributed by atoms with Gasteiger partial charge in [-0.2, -0.15) is 15.3 Å². The highest BCUT2D eigenvalue weighted by Gasteiger charge is 2.50. The summed E-state index contributed by atoms with van der Waals surface area (Å²) in [5.41, 5.74) is -0.422. The number of hydrogen-bond acceptors (Lipinski definition) is 8. The normalized spacial score (nSPS) is 21.5. The van der Waals surface area contributed by atoms with Crippen molar-refractivity contribution in [3.63, 3.8) is 0 Å². The molecule has 2 amide bonds. The summed E-state index contributed by atoms with van der Waals surface area (Å²) in [6, 6.07) is 3.87. The van der Waals surface area contributed by atoms with Crippen LogP contribution in [0, 0.1) is 22.7 Å². The topological polar surface area (TPSA) is 140 Å². The first-order valence-corrected chi connectivity index (χ1v) is 11.1. The summed E-state index contributed by atoms with van der Waals surface area (Å²) in [5.74, 6) is 0.345. The summed E-state index contributed by atoms with van der Waals surface area (Å²) in [7, 11) is 0. The highest BCUT2D eigenvalue weighted by atomic mass is 16.3. The number of amides is 2. The van der Waals surface area contributed by atoms with Gasteiger partial charge < -0.3 is 15.3 Å². The van der Waals surface area contributed by atoms with Gasteiger partial charge in [-0.25, -0.2) is 4.98 Å². The van der Waals surface area contributed by atoms with E-state index in [9.17, 15) is 20.0 Å². The molecule has 0 spiro atoms. The second kappa shape index (κ2) is 9.15. The first kappa shape index (κ1) is 22.7. The van der Waals surface area contributed by atoms with Crippen LogP contribution in [0.5, 0.6) is 0 Å². The Kier molecular flexibility index (Phi) is 6.29. The average Bonchev–Trinajstić information content (AvgIpc) is 3.38. The van der Waals surface area contributed by atoms with Crippen LogP contribution in [-0.2, 0) is 16.1 Å². The SMILES string of the molecule is CC(C)[C@]1(C#N)CCN(c2ccnc(Nc3cnn(CC(=O)N4CCC(O)CC4)c3)n2)C1=O. The third-order valence-corrected chi connectivity index (χ3v) is 6.46. The number of anilines is 3. The van der Waals surface area contributed by atoms with E-state index in [1.165, 1.54) is 9.58 Å². The van der Waals surface area contributed by atoms with E-state index in [2.05, 4.69) is 26.5 Å². The van der Waals surface area contributed by atoms with Crippen LogP contribution in [-0.4, -0.2) is 67.3 Å². The Bertz CT molecular complexity index is 1070. The molecule has 2 aromatic rings. The molecular weight excluding hydrogens is 424 g/mol. The molecule has 0 aromatic carbocycles. The second-order valence-corrected chi connectivity index (χ2v) is 8.85. The molecule has 11 heteroatoms. The van der Waals surface area contributed by atoms with Gasteiger partial charge in [0.25, 0.3) is 0 Å². The van der Waals surface area contributed by atoms with Crippen molar-refractivity contribution in [2.24, 2.45) is 11.3 Å². The first-order valence-electron chi connectivity index (χ1n) is 11.1. The molecule has 2 N–H and O–H groups in total. The summed E-state index contributed by atoms with van der Waals surface area (Å²) in [4.78, 5) is 37.4. The Hall–Kier alpha value is -3.52. The van der Waals surface area contributed by atoms with Gasteiger partial charge in [0.2, 0.25) is 17.8 Å². The van der Waals surface area contributed by atoms with Crippen LogP contribution in [0.4, 0.5) is 17.5 Å². The molecule has 4 rings (SSSR count). The maximum absolute atomic E-state index is 13.0. The van der Waals surface area contributed by atoms with Crippen LogP contribution in [0.2, 0.25) is 0 Å². The number of piperidine rings is 1. The lowest BCUT2D eigenvalue weighted by atomic mass is 9.77. The van der Waals surface area contributed by atoms with E-state index in [4.69, 9.17) is 0 Å². The van der Waals surface area contributed by atoms with Gasteiger partial charge in [-0.3, -0.25) is 19.2 Å². The van der Waals surface area contributed by atoms with Gasteiger partial charge in [0.1, 0.15) is 17.8 Å². The third kappa shape index (κ3) is 4.52. The Balaban J connectivity index is 1.41. The van der Waals surface area contributed by atoms with Crippen molar-refractivity contribution in [1.29, 1.82) is 5.26 Å². The quantitative estimate of drug-likeness (QED) is 0.668. The number of likely N-dealkylation sites (tertiary alicyclic amines) is 1. The van der Waals surface area contributed by atoms with Crippen LogP contribution in [0.15, 0.2) is 24.7 Å². The number of nitriles is 1. The summed E-state index contributed by atoms with van der Waals surface area (Å²) in [5, 5.41) is 26.5. The van der Waals surface area contributed by atoms with E-state index in [1.54, 1.807) is 29.6 Å². The molecule has 174 valence electrons. The molecule has 4 heterocycles. The lowest BCUT2D eigenvalue weighted by molar-refractivity contribution is -0.134. The van der Waals surface area contributed by atoms with Gasteiger partial charge in [0, 0.05) is 32.0 Å². The fourth-order valence-corrected chi connectivity index (χ4v) is 4.28. The Labute approximate surface area is 192 Å². The number of rotatable bonds is 6. The summed E-state index contributed by atoms with van der Waals surface area (Å²) in [6.45, 7) is 5.39. The Morgan fingerprint density at radius 1 is 1.36 bits per heavy atom. The van der Waals surface area contributed by atoms with Crippen molar-refractivity contribution in [2.45, 2.75) is 45.8 Å². The van der Waals surface area contributed by atoms with Gasteiger partial charge in [-0.1, -0.05) is 13.8 Å². The maximum atomic E-state index is 13.0. The van der Waals surface area contributed by atoms with Crippen LogP contribution in [0.25, 0.3) is 0 Å². The highest BCUT2D eigenvalue weighted by Crippen LogP contribution is 2.40. The Morgan fingerprint density at radius 3 is 2.79 bits per heavy atom. The zero-order chi connectivity index (χ0) is 23.6. The number of carbonyl (C=O) groups excluding carboxylic acids is 2. The Morgan fingerprint density at radius 2 is 2.12 bits per heavy atom. The number of carbonyl (C=O) groups is 2. The first-order chi connectivity index (χ1) is 15.8. The lowest BCUT2D eigenvalue weighted by Gasteiger charge is -2.29. The minimum Gasteiger partial charge on any atom is -0.393 e. The maximum Gasteiger partial charge on any atom is 0.248 e. The van der Waals surface area contributed by atoms with E-state index < -0.39 is 5.41 Å². The predicted octanol–water partition coefficient (Wildman–Crippen LogP) is 1.30. The van der Waals surface area contributed by atoms with Gasteiger partial charge in [-0.15, -0.1) is 0 Å². The highest BCUT2D eigenvalue weighted by molar-refractivity contribution is 6.01. The van der Waals surface area contributed by atoms with Crippen LogP contribution in [0.1, 0.15) is 33.1 Å². The van der Waals surface area contributed by atoms with Crippen LogP contribution < -0.4 is 10.2 Å². The molecule has 0 unspecified atom stereocenters. The number of aliphatic hydroxyl groups excluding tert-OH is 1. The summed E-state index contributed by atoms with van der Waals surface area (Å²) >= 11 is 0. The van der Waals surface area contributed by atoms with E-state index in [0.717, 1.165) is 0 Å². The predicted molar refractivity (Wildman–Crippen MR) is 119 cm³/mol. The molecule has 2 aliphatic heterocycles. The van der Waals surface area contributed by atoms with Crippen molar-refractivity contribution in [1.82, 2.24) is 24.6 Å². The summed E-state index contributed by atoms with van der Waals surface area (Å²) < 4.78 is 1.54. The van der Waals surface area contributed by atoms with Gasteiger partial charge in [-0.05, 0) is 31.2 Å². The smallest absolute Gasteiger partial charge is 0.248 e. The van der Waals surface area contributed by atoms with Gasteiger partial charge in [0.15, 0.2) is 0 Å². The van der Waals surface area contributed by atoms with E-state index >= 15 is 0 Å². The zero-order valence-corrected chi connectivity index (χ0v) is 18.8. The molecule has 1 atom stereocenters. The minimum absolute atomic E-state index is 0.0477. The fourth-order valence-electron chi connectivity index (χ4n) is 4.28. The lowest BCUT2D eigenvalue weighted by Crippen LogP contribution is -2.41. The van der Waals surface area contributed by atoms with Crippen molar-refractivity contribution in [3.8, 4) is 6.07 Å². The molecule has 2 aliphatic rings. The molecule has 0 bridgehead atoms. The van der Waals surface area contributed by atoms with Gasteiger partial charge in [0.05, 0.1) is 24.1 Å². The molecule has 0 saturated carbocycles. The molecule has 2 saturated heterocycles. The van der Waals surface area contributed by atoms with E-state index in [-0.39, 0.29) is 36.3 Å². The monoisotopic (exact) mass is 452 g/mol. The largest absolute Gasteiger partial charge is 0.393 e. The minimum atomic E-state index is -1.03. The van der Waals surface area contributed by atoms with E-state index in [1.807, 2.05) is 13.8 Å². The van der Waals surface area contributed by atoms with Crippen molar-refractivity contribution >= 4 is 29.3 Å². The number of aliphatic hydroxyl groups is 1. The van der Waals surface area contributed by atoms with Crippen LogP contribution in [0.3, 0.4) is 0 Å². The van der Waals surface area contributed by atoms with Crippen molar-refractivity contribution in [3.05, 3.63) is 24.7 Å². The van der Waals surface area contributed by atoms with Crippen LogP contribution >= 0.6 is 0 Å². The second-order valence-electron chi connectivity index (χ2n) is 8.85. The number of hydrogen-bond donors (Lipinski definition) is 2. The standard InChI is InChI=1S/C22H28N8O3/c1-15(2)22(14-23)6-10-30(20(22)33)18-3-7-24-21(27-18)26-16-11-25-29(12-16)13-19(32)28-8-4-17(31)5-9-28/h3,7,11-12,15,17,31H,4-6,8-10,13H2,1-2H3,(H,24,26,27)/t22-/m1/s1. The number of aromatic nitrogens is 4. The average molecular weight is 453 g/mol. The molecular formula is C22H28N8O3. The van der Waals surface area contributed by atoms with Crippen molar-refractivity contribution < 1.29 is 14.7 Å². The number of nitrogens with one attached hydrogen (secondary N) is 1.